The summed E-state index contributed by atoms with van der Waals surface area (Å²) in [6.45, 7) is 0.707. The van der Waals surface area contributed by atoms with Crippen LogP contribution < -0.4 is 5.32 Å². The van der Waals surface area contributed by atoms with Crippen molar-refractivity contribution in [3.8, 4) is 11.1 Å². The van der Waals surface area contributed by atoms with E-state index in [-0.39, 0.29) is 23.3 Å². The Morgan fingerprint density at radius 1 is 0.971 bits per heavy atom. The number of carboxylic acids is 1. The van der Waals surface area contributed by atoms with Gasteiger partial charge >= 0.3 is 5.97 Å². The van der Waals surface area contributed by atoms with Gasteiger partial charge in [-0.05, 0) is 53.9 Å². The van der Waals surface area contributed by atoms with Crippen LogP contribution in [0.4, 0.5) is 0 Å². The van der Waals surface area contributed by atoms with E-state index >= 15 is 0 Å². The number of amides is 1. The van der Waals surface area contributed by atoms with Crippen LogP contribution in [0, 0.1) is 11.3 Å². The highest BCUT2D eigenvalue weighted by Gasteiger charge is 2.55. The molecule has 0 unspecified atom stereocenters. The molecule has 2 aromatic carbocycles. The standard InChI is InChI=1S/C28H26N2O3S/c31-26(29-22-14-28(15-22)12-21(13-28)27(32)33)23-17-34-24-10-11-30(25(23)24)16-18-6-8-20(9-7-18)19-4-2-1-3-5-19/h1-11,17,21-22H,12-16H2,(H,29,31)(H,32,33). The molecule has 0 aliphatic heterocycles. The minimum atomic E-state index is -0.686. The highest BCUT2D eigenvalue weighted by molar-refractivity contribution is 7.17. The van der Waals surface area contributed by atoms with E-state index in [2.05, 4.69) is 58.5 Å². The van der Waals surface area contributed by atoms with Gasteiger partial charge in [-0.15, -0.1) is 11.3 Å². The lowest BCUT2D eigenvalue weighted by molar-refractivity contribution is -0.155. The van der Waals surface area contributed by atoms with Gasteiger partial charge in [0, 0.05) is 24.2 Å². The fourth-order valence-electron chi connectivity index (χ4n) is 5.78. The number of nitrogens with zero attached hydrogens (tertiary/aromatic N) is 1. The van der Waals surface area contributed by atoms with E-state index in [1.54, 1.807) is 11.3 Å². The quantitative estimate of drug-likeness (QED) is 0.375. The van der Waals surface area contributed by atoms with E-state index in [0.29, 0.717) is 6.54 Å². The van der Waals surface area contributed by atoms with E-state index in [1.807, 2.05) is 23.6 Å². The highest BCUT2D eigenvalue weighted by atomic mass is 32.1. The van der Waals surface area contributed by atoms with E-state index in [4.69, 9.17) is 5.11 Å². The number of hydrogen-bond donors (Lipinski definition) is 2. The lowest BCUT2D eigenvalue weighted by atomic mass is 9.50. The van der Waals surface area contributed by atoms with Crippen molar-refractivity contribution in [3.05, 3.63) is 83.4 Å². The molecule has 0 bridgehead atoms. The van der Waals surface area contributed by atoms with Crippen LogP contribution in [-0.2, 0) is 11.3 Å². The Labute approximate surface area is 202 Å². The monoisotopic (exact) mass is 470 g/mol. The Morgan fingerprint density at radius 3 is 2.38 bits per heavy atom. The van der Waals surface area contributed by atoms with Crippen molar-refractivity contribution >= 4 is 33.4 Å². The van der Waals surface area contributed by atoms with Crippen molar-refractivity contribution in [2.24, 2.45) is 11.3 Å². The van der Waals surface area contributed by atoms with Crippen molar-refractivity contribution in [1.29, 1.82) is 0 Å². The van der Waals surface area contributed by atoms with Crippen LogP contribution in [0.25, 0.3) is 21.3 Å². The molecule has 2 fully saturated rings. The lowest BCUT2D eigenvalue weighted by Crippen LogP contribution is -2.57. The molecule has 0 atom stereocenters. The van der Waals surface area contributed by atoms with E-state index in [9.17, 15) is 9.59 Å². The maximum Gasteiger partial charge on any atom is 0.306 e. The van der Waals surface area contributed by atoms with Crippen LogP contribution in [0.15, 0.2) is 72.2 Å². The Balaban J connectivity index is 1.14. The Morgan fingerprint density at radius 2 is 1.68 bits per heavy atom. The number of aliphatic carboxylic acids is 1. The molecule has 0 radical (unpaired) electrons. The summed E-state index contributed by atoms with van der Waals surface area (Å²) in [7, 11) is 0. The zero-order valence-corrected chi connectivity index (χ0v) is 19.6. The molecule has 172 valence electrons. The number of fused-ring (bicyclic) bond motifs is 1. The maximum absolute atomic E-state index is 13.1. The molecule has 5 nitrogen and oxygen atoms in total. The molecule has 2 aromatic heterocycles. The molecule has 2 aliphatic carbocycles. The molecular formula is C28H26N2O3S. The first-order valence-corrected chi connectivity index (χ1v) is 12.6. The number of carbonyl (C=O) groups is 2. The van der Waals surface area contributed by atoms with E-state index < -0.39 is 5.97 Å². The first kappa shape index (κ1) is 21.2. The molecule has 1 amide bonds. The number of rotatable bonds is 6. The smallest absolute Gasteiger partial charge is 0.306 e. The van der Waals surface area contributed by atoms with Gasteiger partial charge in [-0.3, -0.25) is 9.59 Å². The molecule has 1 spiro atoms. The zero-order valence-electron chi connectivity index (χ0n) is 18.7. The largest absolute Gasteiger partial charge is 0.481 e. The number of carboxylic acid groups (broad SMARTS) is 1. The third-order valence-corrected chi connectivity index (χ3v) is 8.48. The number of thiophene rings is 1. The van der Waals surface area contributed by atoms with Crippen molar-refractivity contribution in [3.63, 3.8) is 0 Å². The van der Waals surface area contributed by atoms with Gasteiger partial charge in [0.2, 0.25) is 0 Å². The summed E-state index contributed by atoms with van der Waals surface area (Å²) >= 11 is 1.60. The van der Waals surface area contributed by atoms with E-state index in [0.717, 1.165) is 41.5 Å². The van der Waals surface area contributed by atoms with Gasteiger partial charge in [0.1, 0.15) is 0 Å². The summed E-state index contributed by atoms with van der Waals surface area (Å²) < 4.78 is 3.27. The summed E-state index contributed by atoms with van der Waals surface area (Å²) in [6, 6.07) is 21.2. The van der Waals surface area contributed by atoms with Gasteiger partial charge in [0.25, 0.3) is 5.91 Å². The van der Waals surface area contributed by atoms with Crippen molar-refractivity contribution in [2.45, 2.75) is 38.3 Å². The molecule has 2 N–H and O–H groups in total. The number of nitrogens with one attached hydrogen (secondary N) is 1. The molecule has 6 rings (SSSR count). The fraction of sp³-hybridized carbons (Fsp3) is 0.286. The summed E-state index contributed by atoms with van der Waals surface area (Å²) in [5.41, 5.74) is 5.44. The molecule has 4 aromatic rings. The van der Waals surface area contributed by atoms with Gasteiger partial charge in [0.05, 0.1) is 21.7 Å². The minimum absolute atomic E-state index is 0.0282. The van der Waals surface area contributed by atoms with Crippen LogP contribution >= 0.6 is 11.3 Å². The molecule has 2 saturated carbocycles. The molecule has 6 heteroatoms. The number of hydrogen-bond acceptors (Lipinski definition) is 3. The van der Waals surface area contributed by atoms with Crippen molar-refractivity contribution < 1.29 is 14.7 Å². The second-order valence-corrected chi connectivity index (χ2v) is 10.8. The van der Waals surface area contributed by atoms with Crippen LogP contribution in [0.5, 0.6) is 0 Å². The van der Waals surface area contributed by atoms with Gasteiger partial charge in [-0.25, -0.2) is 0 Å². The molecular weight excluding hydrogens is 444 g/mol. The SMILES string of the molecule is O=C(NC1CC2(C1)CC(C(=O)O)C2)c1csc2ccn(Cc3ccc(-c4ccccc4)cc3)c12. The Kier molecular flexibility index (Phi) is 5.06. The second-order valence-electron chi connectivity index (χ2n) is 9.89. The summed E-state index contributed by atoms with van der Waals surface area (Å²) in [4.78, 5) is 24.2. The topological polar surface area (TPSA) is 71.3 Å². The van der Waals surface area contributed by atoms with Crippen molar-refractivity contribution in [1.82, 2.24) is 9.88 Å². The molecule has 2 heterocycles. The molecule has 2 aliphatic rings. The Bertz CT molecular complexity index is 1360. The third-order valence-electron chi connectivity index (χ3n) is 7.55. The van der Waals surface area contributed by atoms with Gasteiger partial charge in [0.15, 0.2) is 0 Å². The van der Waals surface area contributed by atoms with Crippen LogP contribution in [0.2, 0.25) is 0 Å². The zero-order chi connectivity index (χ0) is 23.3. The second kappa shape index (κ2) is 8.13. The molecule has 34 heavy (non-hydrogen) atoms. The van der Waals surface area contributed by atoms with Crippen LogP contribution in [0.3, 0.4) is 0 Å². The van der Waals surface area contributed by atoms with Gasteiger partial charge in [-0.2, -0.15) is 0 Å². The van der Waals surface area contributed by atoms with Gasteiger partial charge < -0.3 is 15.0 Å². The first-order chi connectivity index (χ1) is 16.5. The normalized spacial score (nSPS) is 23.4. The highest BCUT2D eigenvalue weighted by Crippen LogP contribution is 2.58. The first-order valence-electron chi connectivity index (χ1n) is 11.7. The van der Waals surface area contributed by atoms with Crippen LogP contribution in [-0.4, -0.2) is 27.6 Å². The minimum Gasteiger partial charge on any atom is -0.481 e. The number of aromatic nitrogens is 1. The predicted molar refractivity (Wildman–Crippen MR) is 134 cm³/mol. The average molecular weight is 471 g/mol. The fourth-order valence-corrected chi connectivity index (χ4v) is 6.72. The summed E-state index contributed by atoms with van der Waals surface area (Å²) in [5, 5.41) is 14.3. The average Bonchev–Trinajstić information content (AvgIpc) is 3.38. The Hall–Kier alpha value is -3.38. The number of benzene rings is 2. The van der Waals surface area contributed by atoms with Crippen molar-refractivity contribution in [2.75, 3.05) is 0 Å². The van der Waals surface area contributed by atoms with E-state index in [1.165, 1.54) is 16.7 Å². The summed E-state index contributed by atoms with van der Waals surface area (Å²) in [5.74, 6) is -0.910. The lowest BCUT2D eigenvalue weighted by Gasteiger charge is -2.56. The molecule has 0 saturated heterocycles. The van der Waals surface area contributed by atoms with Gasteiger partial charge in [-0.1, -0.05) is 54.6 Å². The third kappa shape index (κ3) is 3.72. The summed E-state index contributed by atoms with van der Waals surface area (Å²) in [6.07, 6.45) is 5.35. The number of carbonyl (C=O) groups excluding carboxylic acids is 1. The predicted octanol–water partition coefficient (Wildman–Crippen LogP) is 5.79. The van der Waals surface area contributed by atoms with Crippen LogP contribution in [0.1, 0.15) is 41.6 Å². The maximum atomic E-state index is 13.1.